The number of hydrogen-bond donors (Lipinski definition) is 2. The number of amides is 2. The van der Waals surface area contributed by atoms with Crippen LogP contribution in [0.15, 0.2) is 11.3 Å². The zero-order valence-electron chi connectivity index (χ0n) is 11.1. The first kappa shape index (κ1) is 13.7. The van der Waals surface area contributed by atoms with Crippen LogP contribution >= 0.6 is 0 Å². The van der Waals surface area contributed by atoms with Gasteiger partial charge >= 0.3 is 0 Å². The highest BCUT2D eigenvalue weighted by molar-refractivity contribution is 6.06. The molecule has 1 aliphatic rings. The molecule has 3 N–H and O–H groups in total. The Labute approximate surface area is 103 Å². The van der Waals surface area contributed by atoms with E-state index in [0.29, 0.717) is 6.42 Å². The fourth-order valence-electron chi connectivity index (χ4n) is 2.54. The Morgan fingerprint density at radius 2 is 2.12 bits per heavy atom. The van der Waals surface area contributed by atoms with Crippen molar-refractivity contribution in [3.8, 4) is 0 Å². The highest BCUT2D eigenvalue weighted by atomic mass is 16.2. The first-order valence-electron chi connectivity index (χ1n) is 6.14. The van der Waals surface area contributed by atoms with Crippen LogP contribution in [-0.4, -0.2) is 11.8 Å². The summed E-state index contributed by atoms with van der Waals surface area (Å²) in [5.41, 5.74) is 6.32. The van der Waals surface area contributed by atoms with Gasteiger partial charge in [0.05, 0.1) is 0 Å². The smallest absolute Gasteiger partial charge is 0.240 e. The number of carbonyl (C=O) groups excluding carboxylic acids is 2. The minimum Gasteiger partial charge on any atom is -0.369 e. The standard InChI is InChI=1S/C13H22N2O2/c1-5-6-9(3)13(11(14)16)7-8(2)10(4)15-12(13)17/h9H,5-7H2,1-4H3,(H2,14,16)(H,15,17). The van der Waals surface area contributed by atoms with Crippen LogP contribution in [0.25, 0.3) is 0 Å². The molecule has 0 saturated carbocycles. The summed E-state index contributed by atoms with van der Waals surface area (Å²) in [6, 6.07) is 0. The van der Waals surface area contributed by atoms with E-state index < -0.39 is 11.3 Å². The number of allylic oxidation sites excluding steroid dienone is 2. The van der Waals surface area contributed by atoms with E-state index >= 15 is 0 Å². The van der Waals surface area contributed by atoms with Gasteiger partial charge in [-0.05, 0) is 32.6 Å². The maximum absolute atomic E-state index is 12.2. The average Bonchev–Trinajstić information content (AvgIpc) is 2.23. The van der Waals surface area contributed by atoms with Crippen LogP contribution in [0, 0.1) is 11.3 Å². The summed E-state index contributed by atoms with van der Waals surface area (Å²) >= 11 is 0. The Balaban J connectivity index is 3.17. The molecule has 2 unspecified atom stereocenters. The molecule has 0 aliphatic carbocycles. The summed E-state index contributed by atoms with van der Waals surface area (Å²) in [5, 5.41) is 2.78. The van der Waals surface area contributed by atoms with Gasteiger partial charge in [-0.3, -0.25) is 9.59 Å². The third-order valence-electron chi connectivity index (χ3n) is 3.89. The molecule has 0 radical (unpaired) electrons. The molecular weight excluding hydrogens is 216 g/mol. The number of rotatable bonds is 4. The van der Waals surface area contributed by atoms with E-state index in [1.165, 1.54) is 0 Å². The lowest BCUT2D eigenvalue weighted by Crippen LogP contribution is -2.55. The van der Waals surface area contributed by atoms with Gasteiger partial charge in [-0.15, -0.1) is 0 Å². The van der Waals surface area contributed by atoms with Crippen molar-refractivity contribution >= 4 is 11.8 Å². The number of primary amides is 1. The van der Waals surface area contributed by atoms with Gasteiger partial charge in [0.2, 0.25) is 11.8 Å². The molecule has 1 rings (SSSR count). The van der Waals surface area contributed by atoms with Crippen LogP contribution in [0.2, 0.25) is 0 Å². The second-order valence-electron chi connectivity index (χ2n) is 5.06. The molecule has 17 heavy (non-hydrogen) atoms. The van der Waals surface area contributed by atoms with Crippen LogP contribution in [0.4, 0.5) is 0 Å². The lowest BCUT2D eigenvalue weighted by atomic mass is 9.67. The monoisotopic (exact) mass is 238 g/mol. The Hall–Kier alpha value is -1.32. The molecule has 0 aromatic heterocycles. The molecule has 0 aromatic carbocycles. The summed E-state index contributed by atoms with van der Waals surface area (Å²) in [7, 11) is 0. The Morgan fingerprint density at radius 1 is 1.53 bits per heavy atom. The van der Waals surface area contributed by atoms with E-state index in [-0.39, 0.29) is 11.8 Å². The third-order valence-corrected chi connectivity index (χ3v) is 3.89. The van der Waals surface area contributed by atoms with Gasteiger partial charge < -0.3 is 11.1 Å². The van der Waals surface area contributed by atoms with Crippen LogP contribution in [0.3, 0.4) is 0 Å². The minimum absolute atomic E-state index is 0.0342. The Kier molecular flexibility index (Phi) is 3.96. The topological polar surface area (TPSA) is 72.2 Å². The van der Waals surface area contributed by atoms with E-state index in [1.54, 1.807) is 0 Å². The first-order valence-corrected chi connectivity index (χ1v) is 6.14. The molecule has 4 heteroatoms. The highest BCUT2D eigenvalue weighted by Gasteiger charge is 2.50. The second kappa shape index (κ2) is 4.90. The molecule has 4 nitrogen and oxygen atoms in total. The van der Waals surface area contributed by atoms with E-state index in [1.807, 2.05) is 27.7 Å². The molecule has 0 fully saturated rings. The third kappa shape index (κ3) is 2.21. The van der Waals surface area contributed by atoms with E-state index in [9.17, 15) is 9.59 Å². The lowest BCUT2D eigenvalue weighted by molar-refractivity contribution is -0.146. The summed E-state index contributed by atoms with van der Waals surface area (Å²) in [6.45, 7) is 7.76. The molecular formula is C13H22N2O2. The predicted molar refractivity (Wildman–Crippen MR) is 66.8 cm³/mol. The van der Waals surface area contributed by atoms with Crippen molar-refractivity contribution in [3.05, 3.63) is 11.3 Å². The van der Waals surface area contributed by atoms with Gasteiger partial charge in [0, 0.05) is 5.70 Å². The Bertz CT molecular complexity index is 374. The van der Waals surface area contributed by atoms with Crippen molar-refractivity contribution in [1.82, 2.24) is 5.32 Å². The molecule has 1 heterocycles. The molecule has 0 saturated heterocycles. The van der Waals surface area contributed by atoms with Crippen LogP contribution in [-0.2, 0) is 9.59 Å². The average molecular weight is 238 g/mol. The maximum atomic E-state index is 12.2. The van der Waals surface area contributed by atoms with Crippen LogP contribution in [0.1, 0.15) is 47.0 Å². The van der Waals surface area contributed by atoms with Crippen molar-refractivity contribution in [3.63, 3.8) is 0 Å². The summed E-state index contributed by atoms with van der Waals surface area (Å²) < 4.78 is 0. The summed E-state index contributed by atoms with van der Waals surface area (Å²) in [5.74, 6) is -0.787. The molecule has 0 aromatic rings. The van der Waals surface area contributed by atoms with Gasteiger partial charge in [-0.25, -0.2) is 0 Å². The predicted octanol–water partition coefficient (Wildman–Crippen LogP) is 1.71. The normalized spacial score (nSPS) is 26.7. The van der Waals surface area contributed by atoms with Crippen molar-refractivity contribution in [2.24, 2.45) is 17.1 Å². The molecule has 2 atom stereocenters. The molecule has 0 bridgehead atoms. The zero-order valence-corrected chi connectivity index (χ0v) is 11.1. The van der Waals surface area contributed by atoms with Gasteiger partial charge in [-0.1, -0.05) is 25.8 Å². The van der Waals surface area contributed by atoms with E-state index in [2.05, 4.69) is 5.32 Å². The van der Waals surface area contributed by atoms with Crippen molar-refractivity contribution < 1.29 is 9.59 Å². The second-order valence-corrected chi connectivity index (χ2v) is 5.06. The first-order chi connectivity index (χ1) is 7.86. The van der Waals surface area contributed by atoms with Gasteiger partial charge in [-0.2, -0.15) is 0 Å². The molecule has 96 valence electrons. The molecule has 2 amide bonds. The zero-order chi connectivity index (χ0) is 13.2. The molecule has 1 aliphatic heterocycles. The van der Waals surface area contributed by atoms with Gasteiger partial charge in [0.15, 0.2) is 0 Å². The Morgan fingerprint density at radius 3 is 2.59 bits per heavy atom. The minimum atomic E-state index is -1.07. The number of nitrogens with two attached hydrogens (primary N) is 1. The van der Waals surface area contributed by atoms with Gasteiger partial charge in [0.25, 0.3) is 0 Å². The highest BCUT2D eigenvalue weighted by Crippen LogP contribution is 2.40. The fourth-order valence-corrected chi connectivity index (χ4v) is 2.54. The number of hydrogen-bond acceptors (Lipinski definition) is 2. The van der Waals surface area contributed by atoms with Crippen molar-refractivity contribution in [2.75, 3.05) is 0 Å². The fraction of sp³-hybridized carbons (Fsp3) is 0.692. The largest absolute Gasteiger partial charge is 0.369 e. The maximum Gasteiger partial charge on any atom is 0.240 e. The van der Waals surface area contributed by atoms with Crippen LogP contribution < -0.4 is 11.1 Å². The summed E-state index contributed by atoms with van der Waals surface area (Å²) in [6.07, 6.45) is 2.20. The van der Waals surface area contributed by atoms with Crippen LogP contribution in [0.5, 0.6) is 0 Å². The molecule has 0 spiro atoms. The number of nitrogens with one attached hydrogen (secondary N) is 1. The van der Waals surface area contributed by atoms with Gasteiger partial charge in [0.1, 0.15) is 5.41 Å². The van der Waals surface area contributed by atoms with Crippen molar-refractivity contribution in [2.45, 2.75) is 47.0 Å². The lowest BCUT2D eigenvalue weighted by Gasteiger charge is -2.38. The summed E-state index contributed by atoms with van der Waals surface area (Å²) in [4.78, 5) is 24.0. The van der Waals surface area contributed by atoms with E-state index in [4.69, 9.17) is 5.73 Å². The quantitative estimate of drug-likeness (QED) is 0.732. The van der Waals surface area contributed by atoms with E-state index in [0.717, 1.165) is 24.1 Å². The number of carbonyl (C=O) groups is 2. The van der Waals surface area contributed by atoms with Crippen molar-refractivity contribution in [1.29, 1.82) is 0 Å². The SMILES string of the molecule is CCCC(C)C1(C(N)=O)CC(C)=C(C)NC1=O.